The standard InChI is InChI=1S/C12H9Cl2FN2O2S/c13-7-1-3-11(9(15)5-7)17-20(18,19)12-4-2-8(14)6-10(12)16/h1-6,17H,16H2. The van der Waals surface area contributed by atoms with Crippen LogP contribution in [0.5, 0.6) is 0 Å². The summed E-state index contributed by atoms with van der Waals surface area (Å²) in [6, 6.07) is 7.52. The zero-order chi connectivity index (χ0) is 14.9. The van der Waals surface area contributed by atoms with Crippen molar-refractivity contribution in [2.24, 2.45) is 0 Å². The lowest BCUT2D eigenvalue weighted by atomic mass is 10.3. The number of hydrogen-bond donors (Lipinski definition) is 2. The van der Waals surface area contributed by atoms with E-state index in [0.717, 1.165) is 6.07 Å². The van der Waals surface area contributed by atoms with Gasteiger partial charge in [0.15, 0.2) is 0 Å². The molecule has 0 aliphatic rings. The number of sulfonamides is 1. The highest BCUT2D eigenvalue weighted by Crippen LogP contribution is 2.26. The first-order valence-electron chi connectivity index (χ1n) is 5.32. The molecular weight excluding hydrogens is 326 g/mol. The number of hydrogen-bond acceptors (Lipinski definition) is 3. The Bertz CT molecular complexity index is 766. The summed E-state index contributed by atoms with van der Waals surface area (Å²) in [5.41, 5.74) is 5.36. The molecule has 0 aliphatic carbocycles. The van der Waals surface area contributed by atoms with Crippen molar-refractivity contribution in [1.82, 2.24) is 0 Å². The molecule has 3 N–H and O–H groups in total. The van der Waals surface area contributed by atoms with Crippen LogP contribution >= 0.6 is 23.2 Å². The Morgan fingerprint density at radius 1 is 1.05 bits per heavy atom. The van der Waals surface area contributed by atoms with Crippen molar-refractivity contribution >= 4 is 44.6 Å². The smallest absolute Gasteiger partial charge is 0.264 e. The fourth-order valence-corrected chi connectivity index (χ4v) is 3.06. The van der Waals surface area contributed by atoms with Crippen LogP contribution in [0.4, 0.5) is 15.8 Å². The van der Waals surface area contributed by atoms with Crippen LogP contribution in [-0.2, 0) is 10.0 Å². The van der Waals surface area contributed by atoms with Gasteiger partial charge < -0.3 is 5.73 Å². The molecule has 0 unspecified atom stereocenters. The van der Waals surface area contributed by atoms with Gasteiger partial charge in [0, 0.05) is 10.0 Å². The number of nitrogen functional groups attached to an aromatic ring is 1. The molecule has 0 heterocycles. The van der Waals surface area contributed by atoms with Crippen molar-refractivity contribution in [2.75, 3.05) is 10.5 Å². The Morgan fingerprint density at radius 3 is 2.25 bits per heavy atom. The molecule has 2 aromatic rings. The van der Waals surface area contributed by atoms with Gasteiger partial charge in [-0.3, -0.25) is 4.72 Å². The molecule has 20 heavy (non-hydrogen) atoms. The number of anilines is 2. The summed E-state index contributed by atoms with van der Waals surface area (Å²) in [5.74, 6) is -0.784. The monoisotopic (exact) mass is 334 g/mol. The summed E-state index contributed by atoms with van der Waals surface area (Å²) in [4.78, 5) is -0.184. The molecule has 0 saturated heterocycles. The Kier molecular flexibility index (Phi) is 4.08. The number of halogens is 3. The van der Waals surface area contributed by atoms with E-state index in [1.54, 1.807) is 0 Å². The molecule has 8 heteroatoms. The summed E-state index contributed by atoms with van der Waals surface area (Å²) in [6.45, 7) is 0. The topological polar surface area (TPSA) is 72.2 Å². The molecule has 0 bridgehead atoms. The van der Waals surface area contributed by atoms with E-state index in [1.165, 1.54) is 30.3 Å². The largest absolute Gasteiger partial charge is 0.398 e. The highest BCUT2D eigenvalue weighted by Gasteiger charge is 2.19. The lowest BCUT2D eigenvalue weighted by Crippen LogP contribution is -2.15. The molecule has 0 spiro atoms. The van der Waals surface area contributed by atoms with Gasteiger partial charge in [-0.25, -0.2) is 12.8 Å². The highest BCUT2D eigenvalue weighted by atomic mass is 35.5. The quantitative estimate of drug-likeness (QED) is 0.843. The first-order valence-corrected chi connectivity index (χ1v) is 7.56. The first-order chi connectivity index (χ1) is 9.29. The Labute approximate surface area is 125 Å². The van der Waals surface area contributed by atoms with Gasteiger partial charge in [0.05, 0.1) is 11.4 Å². The van der Waals surface area contributed by atoms with Gasteiger partial charge in [-0.1, -0.05) is 23.2 Å². The third kappa shape index (κ3) is 3.15. The van der Waals surface area contributed by atoms with Gasteiger partial charge in [0.2, 0.25) is 0 Å². The second-order valence-corrected chi connectivity index (χ2v) is 6.44. The van der Waals surface area contributed by atoms with Crippen molar-refractivity contribution in [3.8, 4) is 0 Å². The minimum Gasteiger partial charge on any atom is -0.398 e. The maximum absolute atomic E-state index is 13.6. The Hall–Kier alpha value is -1.50. The van der Waals surface area contributed by atoms with E-state index >= 15 is 0 Å². The number of nitrogens with one attached hydrogen (secondary N) is 1. The summed E-state index contributed by atoms with van der Waals surface area (Å²) in [7, 11) is -4.01. The van der Waals surface area contributed by atoms with Crippen molar-refractivity contribution < 1.29 is 12.8 Å². The van der Waals surface area contributed by atoms with E-state index in [4.69, 9.17) is 28.9 Å². The van der Waals surface area contributed by atoms with E-state index in [0.29, 0.717) is 5.02 Å². The molecule has 106 valence electrons. The van der Waals surface area contributed by atoms with Gasteiger partial charge in [-0.05, 0) is 36.4 Å². The molecule has 2 aromatic carbocycles. The SMILES string of the molecule is Nc1cc(Cl)ccc1S(=O)(=O)Nc1ccc(Cl)cc1F. The lowest BCUT2D eigenvalue weighted by molar-refractivity contribution is 0.599. The minimum atomic E-state index is -4.01. The maximum Gasteiger partial charge on any atom is 0.264 e. The first kappa shape index (κ1) is 14.9. The number of rotatable bonds is 3. The van der Waals surface area contributed by atoms with Gasteiger partial charge in [0.1, 0.15) is 10.7 Å². The van der Waals surface area contributed by atoms with Crippen molar-refractivity contribution in [3.63, 3.8) is 0 Å². The molecule has 0 saturated carbocycles. The van der Waals surface area contributed by atoms with Crippen molar-refractivity contribution in [2.45, 2.75) is 4.90 Å². The highest BCUT2D eigenvalue weighted by molar-refractivity contribution is 7.92. The van der Waals surface area contributed by atoms with Crippen LogP contribution in [-0.4, -0.2) is 8.42 Å². The Morgan fingerprint density at radius 2 is 1.65 bits per heavy atom. The normalized spacial score (nSPS) is 11.3. The minimum absolute atomic E-state index is 0.0284. The third-order valence-corrected chi connectivity index (χ3v) is 4.35. The fourth-order valence-electron chi connectivity index (χ4n) is 1.54. The second-order valence-electron chi connectivity index (χ2n) is 3.91. The third-order valence-electron chi connectivity index (χ3n) is 2.44. The van der Waals surface area contributed by atoms with Crippen LogP contribution in [0.3, 0.4) is 0 Å². The molecular formula is C12H9Cl2FN2O2S. The average molecular weight is 335 g/mol. The molecule has 0 aliphatic heterocycles. The molecule has 0 fully saturated rings. The van der Waals surface area contributed by atoms with Gasteiger partial charge in [0.25, 0.3) is 10.0 Å². The molecule has 0 amide bonds. The van der Waals surface area contributed by atoms with Crippen molar-refractivity contribution in [3.05, 3.63) is 52.3 Å². The second kappa shape index (κ2) is 5.47. The molecule has 0 aromatic heterocycles. The van der Waals surface area contributed by atoms with Gasteiger partial charge >= 0.3 is 0 Å². The van der Waals surface area contributed by atoms with Crippen LogP contribution in [0.25, 0.3) is 0 Å². The summed E-state index contributed by atoms with van der Waals surface area (Å²) >= 11 is 11.3. The van der Waals surface area contributed by atoms with Crippen LogP contribution in [0.1, 0.15) is 0 Å². The van der Waals surface area contributed by atoms with Crippen LogP contribution in [0.15, 0.2) is 41.3 Å². The number of benzene rings is 2. The van der Waals surface area contributed by atoms with Gasteiger partial charge in [-0.2, -0.15) is 0 Å². The lowest BCUT2D eigenvalue weighted by Gasteiger charge is -2.11. The molecule has 2 rings (SSSR count). The fraction of sp³-hybridized carbons (Fsp3) is 0. The predicted molar refractivity (Wildman–Crippen MR) is 78.1 cm³/mol. The maximum atomic E-state index is 13.6. The average Bonchev–Trinajstić information content (AvgIpc) is 2.32. The zero-order valence-electron chi connectivity index (χ0n) is 9.90. The van der Waals surface area contributed by atoms with E-state index in [2.05, 4.69) is 4.72 Å². The predicted octanol–water partition coefficient (Wildman–Crippen LogP) is 3.52. The molecule has 0 radical (unpaired) electrons. The summed E-state index contributed by atoms with van der Waals surface area (Å²) in [6.07, 6.45) is 0. The van der Waals surface area contributed by atoms with E-state index < -0.39 is 15.8 Å². The van der Waals surface area contributed by atoms with E-state index in [-0.39, 0.29) is 21.3 Å². The van der Waals surface area contributed by atoms with Crippen LogP contribution in [0.2, 0.25) is 10.0 Å². The van der Waals surface area contributed by atoms with E-state index in [1.807, 2.05) is 0 Å². The van der Waals surface area contributed by atoms with Crippen molar-refractivity contribution in [1.29, 1.82) is 0 Å². The number of nitrogens with two attached hydrogens (primary N) is 1. The van der Waals surface area contributed by atoms with Gasteiger partial charge in [-0.15, -0.1) is 0 Å². The van der Waals surface area contributed by atoms with Crippen LogP contribution < -0.4 is 10.5 Å². The zero-order valence-corrected chi connectivity index (χ0v) is 12.2. The van der Waals surface area contributed by atoms with E-state index in [9.17, 15) is 12.8 Å². The summed E-state index contributed by atoms with van der Waals surface area (Å²) < 4.78 is 40.0. The van der Waals surface area contributed by atoms with Crippen LogP contribution in [0, 0.1) is 5.82 Å². The Balaban J connectivity index is 2.41. The molecule has 0 atom stereocenters. The molecule has 4 nitrogen and oxygen atoms in total. The summed E-state index contributed by atoms with van der Waals surface area (Å²) in [5, 5.41) is 0.468.